The number of piperidine rings is 1. The van der Waals surface area contributed by atoms with E-state index in [2.05, 4.69) is 38.1 Å². The van der Waals surface area contributed by atoms with Crippen LogP contribution < -0.4 is 5.32 Å². The molecule has 1 atom stereocenters. The Kier molecular flexibility index (Phi) is 6.21. The highest BCUT2D eigenvalue weighted by atomic mass is 79.9. The summed E-state index contributed by atoms with van der Waals surface area (Å²) in [7, 11) is 0. The number of likely N-dealkylation sites (tertiary alicyclic amines) is 1. The Morgan fingerprint density at radius 2 is 1.90 bits per heavy atom. The van der Waals surface area contributed by atoms with Gasteiger partial charge in [0.15, 0.2) is 0 Å². The predicted octanol–water partition coefficient (Wildman–Crippen LogP) is 4.66. The Hall–Kier alpha value is -2.31. The zero-order chi connectivity index (χ0) is 20.2. The Labute approximate surface area is 179 Å². The Morgan fingerprint density at radius 1 is 1.14 bits per heavy atom. The fourth-order valence-electron chi connectivity index (χ4n) is 3.93. The minimum Gasteiger partial charge on any atom is -0.348 e. The van der Waals surface area contributed by atoms with Crippen molar-refractivity contribution < 1.29 is 4.79 Å². The molecule has 1 saturated heterocycles. The van der Waals surface area contributed by atoms with E-state index >= 15 is 0 Å². The van der Waals surface area contributed by atoms with Crippen molar-refractivity contribution in [2.24, 2.45) is 0 Å². The van der Waals surface area contributed by atoms with Gasteiger partial charge in [-0.25, -0.2) is 4.98 Å². The van der Waals surface area contributed by atoms with Gasteiger partial charge in [0.25, 0.3) is 5.91 Å². The first-order chi connectivity index (χ1) is 14.1. The smallest absolute Gasteiger partial charge is 0.252 e. The summed E-state index contributed by atoms with van der Waals surface area (Å²) in [5.74, 6) is -0.0599. The monoisotopic (exact) mass is 452 g/mol. The molecule has 1 aliphatic rings. The molecule has 1 unspecified atom stereocenters. The summed E-state index contributed by atoms with van der Waals surface area (Å²) in [4.78, 5) is 24.5. The zero-order valence-electron chi connectivity index (χ0n) is 16.6. The molecule has 5 nitrogen and oxygen atoms in total. The van der Waals surface area contributed by atoms with Gasteiger partial charge in [-0.3, -0.25) is 9.78 Å². The largest absolute Gasteiger partial charge is 0.348 e. The maximum Gasteiger partial charge on any atom is 0.252 e. The van der Waals surface area contributed by atoms with E-state index in [0.29, 0.717) is 5.56 Å². The average molecular weight is 453 g/mol. The first-order valence-corrected chi connectivity index (χ1v) is 10.9. The van der Waals surface area contributed by atoms with Gasteiger partial charge in [0.1, 0.15) is 0 Å². The number of amides is 1. The number of carbonyl (C=O) groups is 1. The van der Waals surface area contributed by atoms with Gasteiger partial charge in [0.05, 0.1) is 16.8 Å². The number of hydrogen-bond donors (Lipinski definition) is 1. The Balaban J connectivity index is 1.63. The minimum atomic E-state index is -0.0599. The van der Waals surface area contributed by atoms with Gasteiger partial charge in [0, 0.05) is 40.4 Å². The summed E-state index contributed by atoms with van der Waals surface area (Å²) in [6.45, 7) is 5.21. The van der Waals surface area contributed by atoms with Crippen molar-refractivity contribution in [3.8, 4) is 11.3 Å². The molecule has 1 aromatic carbocycles. The van der Waals surface area contributed by atoms with Crippen molar-refractivity contribution in [1.29, 1.82) is 0 Å². The van der Waals surface area contributed by atoms with Gasteiger partial charge >= 0.3 is 0 Å². The summed E-state index contributed by atoms with van der Waals surface area (Å²) in [6, 6.07) is 11.6. The molecule has 0 aliphatic carbocycles. The summed E-state index contributed by atoms with van der Waals surface area (Å²) in [6.07, 6.45) is 7.29. The molecule has 0 spiro atoms. The summed E-state index contributed by atoms with van der Waals surface area (Å²) in [5, 5.41) is 4.04. The second kappa shape index (κ2) is 9.01. The van der Waals surface area contributed by atoms with E-state index in [-0.39, 0.29) is 11.9 Å². The fourth-order valence-corrected chi connectivity index (χ4v) is 4.29. The minimum absolute atomic E-state index is 0.0599. The van der Waals surface area contributed by atoms with Crippen LogP contribution in [0.25, 0.3) is 22.2 Å². The maximum atomic E-state index is 13.2. The molecule has 1 amide bonds. The quantitative estimate of drug-likeness (QED) is 0.611. The molecule has 150 valence electrons. The third-order valence-electron chi connectivity index (χ3n) is 5.35. The molecule has 0 saturated carbocycles. The predicted molar refractivity (Wildman–Crippen MR) is 120 cm³/mol. The fraction of sp³-hybridized carbons (Fsp3) is 0.348. The van der Waals surface area contributed by atoms with Crippen LogP contribution in [0.5, 0.6) is 0 Å². The van der Waals surface area contributed by atoms with Crippen LogP contribution in [-0.4, -0.2) is 46.5 Å². The van der Waals surface area contributed by atoms with E-state index in [4.69, 9.17) is 4.98 Å². The summed E-state index contributed by atoms with van der Waals surface area (Å²) >= 11 is 3.52. The van der Waals surface area contributed by atoms with Gasteiger partial charge in [-0.2, -0.15) is 0 Å². The van der Waals surface area contributed by atoms with Crippen molar-refractivity contribution in [3.05, 3.63) is 58.8 Å². The molecule has 0 bridgehead atoms. The first kappa shape index (κ1) is 20.0. The number of nitrogens with zero attached hydrogens (tertiary/aromatic N) is 3. The molecular formula is C23H25BrN4O. The maximum absolute atomic E-state index is 13.2. The Bertz CT molecular complexity index is 1000. The highest BCUT2D eigenvalue weighted by Crippen LogP contribution is 2.27. The van der Waals surface area contributed by atoms with Gasteiger partial charge < -0.3 is 10.2 Å². The number of hydrogen-bond acceptors (Lipinski definition) is 4. The second-order valence-electron chi connectivity index (χ2n) is 7.69. The van der Waals surface area contributed by atoms with E-state index in [1.807, 2.05) is 36.4 Å². The van der Waals surface area contributed by atoms with Crippen LogP contribution in [-0.2, 0) is 0 Å². The van der Waals surface area contributed by atoms with E-state index in [0.717, 1.165) is 46.3 Å². The van der Waals surface area contributed by atoms with Crippen molar-refractivity contribution in [2.45, 2.75) is 32.2 Å². The van der Waals surface area contributed by atoms with Crippen LogP contribution in [0.4, 0.5) is 0 Å². The van der Waals surface area contributed by atoms with Crippen LogP contribution in [0.15, 0.2) is 53.3 Å². The van der Waals surface area contributed by atoms with Crippen LogP contribution >= 0.6 is 15.9 Å². The van der Waals surface area contributed by atoms with Crippen LogP contribution in [0.2, 0.25) is 0 Å². The molecule has 4 rings (SSSR count). The van der Waals surface area contributed by atoms with Crippen LogP contribution in [0, 0.1) is 0 Å². The molecule has 6 heteroatoms. The van der Waals surface area contributed by atoms with Crippen molar-refractivity contribution in [1.82, 2.24) is 20.2 Å². The number of benzene rings is 1. The lowest BCUT2D eigenvalue weighted by Crippen LogP contribution is -2.43. The van der Waals surface area contributed by atoms with Crippen molar-refractivity contribution in [3.63, 3.8) is 0 Å². The summed E-state index contributed by atoms with van der Waals surface area (Å²) in [5.41, 5.74) is 3.17. The topological polar surface area (TPSA) is 58.1 Å². The average Bonchev–Trinajstić information content (AvgIpc) is 2.74. The van der Waals surface area contributed by atoms with E-state index in [1.165, 1.54) is 19.3 Å². The van der Waals surface area contributed by atoms with Gasteiger partial charge in [-0.15, -0.1) is 0 Å². The van der Waals surface area contributed by atoms with E-state index < -0.39 is 0 Å². The molecule has 2 aromatic heterocycles. The number of pyridine rings is 2. The molecular weight excluding hydrogens is 428 g/mol. The molecule has 0 radical (unpaired) electrons. The van der Waals surface area contributed by atoms with Crippen LogP contribution in [0.3, 0.4) is 0 Å². The lowest BCUT2D eigenvalue weighted by atomic mass is 10.0. The number of fused-ring (bicyclic) bond motifs is 1. The molecule has 29 heavy (non-hydrogen) atoms. The van der Waals surface area contributed by atoms with Crippen LogP contribution in [0.1, 0.15) is 36.5 Å². The highest BCUT2D eigenvalue weighted by molar-refractivity contribution is 9.10. The lowest BCUT2D eigenvalue weighted by molar-refractivity contribution is 0.0927. The molecule has 1 aliphatic heterocycles. The third kappa shape index (κ3) is 4.82. The Morgan fingerprint density at radius 3 is 2.66 bits per heavy atom. The van der Waals surface area contributed by atoms with Crippen molar-refractivity contribution >= 4 is 32.7 Å². The first-order valence-electron chi connectivity index (χ1n) is 10.1. The molecule has 3 aromatic rings. The second-order valence-corrected chi connectivity index (χ2v) is 8.60. The van der Waals surface area contributed by atoms with E-state index in [9.17, 15) is 4.79 Å². The number of rotatable bonds is 5. The van der Waals surface area contributed by atoms with E-state index in [1.54, 1.807) is 12.4 Å². The molecule has 1 fully saturated rings. The lowest BCUT2D eigenvalue weighted by Gasteiger charge is -2.29. The summed E-state index contributed by atoms with van der Waals surface area (Å²) < 4.78 is 0.930. The molecule has 3 heterocycles. The SMILES string of the molecule is CC(CN1CCCCC1)NC(=O)c1cc(-c2ccncc2)nc2ccc(Br)cc12. The van der Waals surface area contributed by atoms with Gasteiger partial charge in [-0.05, 0) is 69.3 Å². The highest BCUT2D eigenvalue weighted by Gasteiger charge is 2.18. The van der Waals surface area contributed by atoms with Gasteiger partial charge in [-0.1, -0.05) is 22.4 Å². The zero-order valence-corrected chi connectivity index (χ0v) is 18.2. The molecule has 1 N–H and O–H groups in total. The number of nitrogens with one attached hydrogen (secondary N) is 1. The number of halogens is 1. The van der Waals surface area contributed by atoms with Crippen molar-refractivity contribution in [2.75, 3.05) is 19.6 Å². The third-order valence-corrected chi connectivity index (χ3v) is 5.84. The normalized spacial score (nSPS) is 15.9. The van der Waals surface area contributed by atoms with Gasteiger partial charge in [0.2, 0.25) is 0 Å². The number of carbonyl (C=O) groups excluding carboxylic acids is 1. The standard InChI is InChI=1S/C23H25BrN4O/c1-16(15-28-11-3-2-4-12-28)26-23(29)20-14-22(17-7-9-25-10-8-17)27-21-6-5-18(24)13-19(20)21/h5-10,13-14,16H,2-4,11-12,15H2,1H3,(H,26,29). The number of aromatic nitrogens is 2.